The molecule has 0 aliphatic rings. The molecule has 0 atom stereocenters. The summed E-state index contributed by atoms with van der Waals surface area (Å²) in [7, 11) is 0. The molecule has 0 aliphatic carbocycles. The van der Waals surface area contributed by atoms with Gasteiger partial charge in [-0.2, -0.15) is 5.10 Å². The molecule has 0 unspecified atom stereocenters. The van der Waals surface area contributed by atoms with Crippen molar-refractivity contribution in [1.82, 2.24) is 19.4 Å². The number of nitrogens with zero attached hydrogens (tertiary/aromatic N) is 4. The molecule has 2 aromatic heterocycles. The highest BCUT2D eigenvalue weighted by molar-refractivity contribution is 7.08. The fourth-order valence-electron chi connectivity index (χ4n) is 2.59. The van der Waals surface area contributed by atoms with Crippen LogP contribution in [0.1, 0.15) is 45.3 Å². The van der Waals surface area contributed by atoms with Gasteiger partial charge in [0.05, 0.1) is 29.9 Å². The predicted molar refractivity (Wildman–Crippen MR) is 101 cm³/mol. The van der Waals surface area contributed by atoms with E-state index in [4.69, 9.17) is 4.74 Å². The Morgan fingerprint density at radius 3 is 2.85 bits per heavy atom. The molecule has 8 nitrogen and oxygen atoms in total. The largest absolute Gasteiger partial charge is 0.462 e. The van der Waals surface area contributed by atoms with Crippen molar-refractivity contribution in [2.24, 2.45) is 0 Å². The number of aromatic nitrogens is 4. The topological polar surface area (TPSA) is 99.0 Å². The van der Waals surface area contributed by atoms with E-state index in [-0.39, 0.29) is 5.91 Å². The number of nitrogens with one attached hydrogen (secondary N) is 1. The van der Waals surface area contributed by atoms with Crippen molar-refractivity contribution in [3.8, 4) is 5.69 Å². The number of hydrogen-bond donors (Lipinski definition) is 1. The second-order valence-electron chi connectivity index (χ2n) is 5.68. The molecule has 0 saturated carbocycles. The summed E-state index contributed by atoms with van der Waals surface area (Å²) in [6.07, 6.45) is 2.12. The van der Waals surface area contributed by atoms with Gasteiger partial charge in [-0.05, 0) is 50.0 Å². The van der Waals surface area contributed by atoms with Crippen molar-refractivity contribution in [3.05, 3.63) is 52.3 Å². The number of esters is 1. The van der Waals surface area contributed by atoms with Crippen LogP contribution < -0.4 is 5.32 Å². The molecule has 0 saturated heterocycles. The molecule has 9 heteroatoms. The second-order valence-corrected chi connectivity index (χ2v) is 6.44. The van der Waals surface area contributed by atoms with Gasteiger partial charge in [-0.1, -0.05) is 17.5 Å². The van der Waals surface area contributed by atoms with Gasteiger partial charge in [0.2, 0.25) is 0 Å². The molecule has 0 bridgehead atoms. The van der Waals surface area contributed by atoms with Crippen molar-refractivity contribution in [3.63, 3.8) is 0 Å². The standard InChI is InChI=1S/C18H19N5O3S/c1-4-15-16(27-22-21-15)17(24)20-12-7-6-8-13(9-12)23-11(3)14(10-19-23)18(25)26-5-2/h6-10H,4-5H2,1-3H3,(H,20,24). The van der Waals surface area contributed by atoms with Crippen LogP contribution in [0.15, 0.2) is 30.5 Å². The quantitative estimate of drug-likeness (QED) is 0.655. The molecular weight excluding hydrogens is 366 g/mol. The molecule has 0 fully saturated rings. The Balaban J connectivity index is 1.84. The van der Waals surface area contributed by atoms with E-state index in [1.165, 1.54) is 6.20 Å². The van der Waals surface area contributed by atoms with Gasteiger partial charge in [-0.25, -0.2) is 9.48 Å². The number of ether oxygens (including phenoxy) is 1. The molecule has 27 heavy (non-hydrogen) atoms. The zero-order valence-corrected chi connectivity index (χ0v) is 16.0. The number of amides is 1. The number of carbonyl (C=O) groups excluding carboxylic acids is 2. The van der Waals surface area contributed by atoms with E-state index < -0.39 is 5.97 Å². The molecule has 2 heterocycles. The molecule has 1 amide bonds. The van der Waals surface area contributed by atoms with Crippen LogP contribution >= 0.6 is 11.5 Å². The lowest BCUT2D eigenvalue weighted by Gasteiger charge is -2.09. The molecule has 3 rings (SSSR count). The van der Waals surface area contributed by atoms with Gasteiger partial charge in [0.1, 0.15) is 10.4 Å². The number of carbonyl (C=O) groups is 2. The first-order valence-corrected chi connectivity index (χ1v) is 9.27. The number of aryl methyl sites for hydroxylation is 1. The van der Waals surface area contributed by atoms with E-state index >= 15 is 0 Å². The monoisotopic (exact) mass is 385 g/mol. The average Bonchev–Trinajstić information content (AvgIpc) is 3.28. The van der Waals surface area contributed by atoms with Crippen molar-refractivity contribution in [1.29, 1.82) is 0 Å². The van der Waals surface area contributed by atoms with Crippen molar-refractivity contribution in [2.75, 3.05) is 11.9 Å². The van der Waals surface area contributed by atoms with Gasteiger partial charge in [0.15, 0.2) is 0 Å². The number of benzene rings is 1. The van der Waals surface area contributed by atoms with E-state index in [0.29, 0.717) is 40.5 Å². The first-order valence-electron chi connectivity index (χ1n) is 8.49. The van der Waals surface area contributed by atoms with Gasteiger partial charge in [-0.15, -0.1) is 5.10 Å². The fraction of sp³-hybridized carbons (Fsp3) is 0.278. The molecule has 140 valence electrons. The lowest BCUT2D eigenvalue weighted by Crippen LogP contribution is -2.13. The maximum Gasteiger partial charge on any atom is 0.341 e. The van der Waals surface area contributed by atoms with E-state index in [2.05, 4.69) is 20.0 Å². The molecule has 3 aromatic rings. The molecule has 1 aromatic carbocycles. The Labute approximate surface area is 160 Å². The Bertz CT molecular complexity index is 979. The van der Waals surface area contributed by atoms with Gasteiger partial charge in [0, 0.05) is 5.69 Å². The van der Waals surface area contributed by atoms with Gasteiger partial charge in [0.25, 0.3) is 5.91 Å². The zero-order valence-electron chi connectivity index (χ0n) is 15.2. The van der Waals surface area contributed by atoms with Crippen LogP contribution in [0.2, 0.25) is 0 Å². The second kappa shape index (κ2) is 8.09. The van der Waals surface area contributed by atoms with Crippen molar-refractivity contribution < 1.29 is 14.3 Å². The van der Waals surface area contributed by atoms with Crippen molar-refractivity contribution >= 4 is 29.1 Å². The Morgan fingerprint density at radius 2 is 2.11 bits per heavy atom. The smallest absolute Gasteiger partial charge is 0.341 e. The summed E-state index contributed by atoms with van der Waals surface area (Å²) in [5.41, 5.74) is 3.08. The molecule has 0 spiro atoms. The predicted octanol–water partition coefficient (Wildman–Crippen LogP) is 3.02. The summed E-state index contributed by atoms with van der Waals surface area (Å²) in [6, 6.07) is 7.22. The van der Waals surface area contributed by atoms with E-state index in [0.717, 1.165) is 17.2 Å². The lowest BCUT2D eigenvalue weighted by atomic mass is 10.2. The third-order valence-electron chi connectivity index (χ3n) is 3.95. The van der Waals surface area contributed by atoms with Crippen LogP contribution in [0.3, 0.4) is 0 Å². The Kier molecular flexibility index (Phi) is 5.60. The maximum absolute atomic E-state index is 12.5. The minimum atomic E-state index is -0.407. The van der Waals surface area contributed by atoms with Crippen LogP contribution in [-0.2, 0) is 11.2 Å². The first-order chi connectivity index (χ1) is 13.0. The fourth-order valence-corrected chi connectivity index (χ4v) is 3.24. The van der Waals surface area contributed by atoms with Gasteiger partial charge < -0.3 is 10.1 Å². The highest BCUT2D eigenvalue weighted by Gasteiger charge is 2.17. The molecule has 1 N–H and O–H groups in total. The van der Waals surface area contributed by atoms with Crippen LogP contribution in [0.5, 0.6) is 0 Å². The SMILES string of the molecule is CCOC(=O)c1cnn(-c2cccc(NC(=O)c3snnc3CC)c2)c1C. The number of hydrogen-bond acceptors (Lipinski definition) is 7. The maximum atomic E-state index is 12.5. The highest BCUT2D eigenvalue weighted by atomic mass is 32.1. The minimum absolute atomic E-state index is 0.247. The van der Waals surface area contributed by atoms with Crippen LogP contribution in [0, 0.1) is 6.92 Å². The minimum Gasteiger partial charge on any atom is -0.462 e. The summed E-state index contributed by atoms with van der Waals surface area (Å²) in [4.78, 5) is 24.9. The van der Waals surface area contributed by atoms with Crippen molar-refractivity contribution in [2.45, 2.75) is 27.2 Å². The Morgan fingerprint density at radius 1 is 1.30 bits per heavy atom. The summed E-state index contributed by atoms with van der Waals surface area (Å²) in [5.74, 6) is -0.654. The summed E-state index contributed by atoms with van der Waals surface area (Å²) < 4.78 is 10.5. The molecule has 0 radical (unpaired) electrons. The van der Waals surface area contributed by atoms with E-state index in [9.17, 15) is 9.59 Å². The normalized spacial score (nSPS) is 10.6. The average molecular weight is 385 g/mol. The van der Waals surface area contributed by atoms with E-state index in [1.807, 2.05) is 19.1 Å². The van der Waals surface area contributed by atoms with Gasteiger partial charge in [-0.3, -0.25) is 4.79 Å². The third kappa shape index (κ3) is 3.87. The third-order valence-corrected chi connectivity index (χ3v) is 4.72. The van der Waals surface area contributed by atoms with Crippen LogP contribution in [-0.4, -0.2) is 37.9 Å². The Hall–Kier alpha value is -3.07. The zero-order chi connectivity index (χ0) is 19.4. The van der Waals surface area contributed by atoms with E-state index in [1.54, 1.807) is 30.7 Å². The lowest BCUT2D eigenvalue weighted by molar-refractivity contribution is 0.0525. The van der Waals surface area contributed by atoms with Crippen LogP contribution in [0.25, 0.3) is 5.69 Å². The summed E-state index contributed by atoms with van der Waals surface area (Å²) in [5, 5.41) is 11.1. The summed E-state index contributed by atoms with van der Waals surface area (Å²) >= 11 is 1.07. The number of anilines is 1. The van der Waals surface area contributed by atoms with Crippen LogP contribution in [0.4, 0.5) is 5.69 Å². The summed E-state index contributed by atoms with van der Waals surface area (Å²) in [6.45, 7) is 5.78. The molecule has 0 aliphatic heterocycles. The highest BCUT2D eigenvalue weighted by Crippen LogP contribution is 2.20. The van der Waals surface area contributed by atoms with Gasteiger partial charge >= 0.3 is 5.97 Å². The molecular formula is C18H19N5O3S. The number of rotatable bonds is 6. The first kappa shape index (κ1) is 18.7.